The number of nitrogen functional groups attached to an aromatic ring is 1. The molecule has 0 bridgehead atoms. The van der Waals surface area contributed by atoms with E-state index in [2.05, 4.69) is 36.8 Å². The number of pyridine rings is 1. The Labute approximate surface area is 243 Å². The molecule has 3 aromatic heterocycles. The maximum atomic E-state index is 12.9. The predicted octanol–water partition coefficient (Wildman–Crippen LogP) is 3.62. The summed E-state index contributed by atoms with van der Waals surface area (Å²) in [6.07, 6.45) is 11.9. The zero-order valence-corrected chi connectivity index (χ0v) is 23.3. The molecule has 1 aliphatic heterocycles. The van der Waals surface area contributed by atoms with Crippen molar-refractivity contribution < 1.29 is 9.59 Å². The fourth-order valence-corrected chi connectivity index (χ4v) is 5.42. The Kier molecular flexibility index (Phi) is 7.37. The summed E-state index contributed by atoms with van der Waals surface area (Å²) >= 11 is 0. The third kappa shape index (κ3) is 5.57. The van der Waals surface area contributed by atoms with E-state index in [-0.39, 0.29) is 17.9 Å². The highest BCUT2D eigenvalue weighted by atomic mass is 16.2. The summed E-state index contributed by atoms with van der Waals surface area (Å²) in [5.41, 5.74) is 9.61. The fourth-order valence-electron chi connectivity index (χ4n) is 5.42. The first-order valence-electron chi connectivity index (χ1n) is 14.0. The van der Waals surface area contributed by atoms with Gasteiger partial charge in [-0.15, -0.1) is 0 Å². The van der Waals surface area contributed by atoms with Crippen LogP contribution in [-0.2, 0) is 4.79 Å². The Bertz CT molecular complexity index is 1720. The van der Waals surface area contributed by atoms with Crippen LogP contribution in [0.1, 0.15) is 41.2 Å². The lowest BCUT2D eigenvalue weighted by Gasteiger charge is -2.16. The number of fused-ring (bicyclic) bond motifs is 1. The lowest BCUT2D eigenvalue weighted by molar-refractivity contribution is -0.125. The molecule has 1 saturated carbocycles. The number of carbonyl (C=O) groups excluding carboxylic acids is 2. The van der Waals surface area contributed by atoms with Crippen molar-refractivity contribution in [3.05, 3.63) is 78.4 Å². The van der Waals surface area contributed by atoms with Gasteiger partial charge in [0.15, 0.2) is 0 Å². The first-order chi connectivity index (χ1) is 20.4. The fraction of sp³-hybridized carbons (Fsp3) is 0.290. The molecule has 1 aromatic carbocycles. The third-order valence-corrected chi connectivity index (χ3v) is 7.92. The second-order valence-corrected chi connectivity index (χ2v) is 10.8. The van der Waals surface area contributed by atoms with Crippen molar-refractivity contribution in [2.75, 3.05) is 37.7 Å². The average Bonchev–Trinajstić information content (AvgIpc) is 3.61. The number of likely N-dealkylation sites (N-methyl/N-ethyl adjacent to an activating group) is 1. The quantitative estimate of drug-likeness (QED) is 0.310. The van der Waals surface area contributed by atoms with Gasteiger partial charge in [-0.25, -0.2) is 15.0 Å². The molecule has 2 amide bonds. The van der Waals surface area contributed by atoms with E-state index >= 15 is 0 Å². The predicted molar refractivity (Wildman–Crippen MR) is 159 cm³/mol. The van der Waals surface area contributed by atoms with Gasteiger partial charge in [0.2, 0.25) is 5.91 Å². The molecule has 1 atom stereocenters. The number of hydrogen-bond donors (Lipinski definition) is 2. The van der Waals surface area contributed by atoms with Crippen LogP contribution in [0.2, 0.25) is 0 Å². The Morgan fingerprint density at radius 2 is 1.98 bits per heavy atom. The molecular weight excluding hydrogens is 530 g/mol. The number of nitrogens with one attached hydrogen (secondary N) is 1. The second kappa shape index (κ2) is 11.4. The highest BCUT2D eigenvalue weighted by Gasteiger charge is 2.29. The van der Waals surface area contributed by atoms with Crippen LogP contribution in [-0.4, -0.2) is 73.9 Å². The Hall–Kier alpha value is -5.08. The lowest BCUT2D eigenvalue weighted by Crippen LogP contribution is -2.28. The number of amides is 2. The van der Waals surface area contributed by atoms with E-state index in [4.69, 9.17) is 11.0 Å². The summed E-state index contributed by atoms with van der Waals surface area (Å²) in [7, 11) is 2.09. The van der Waals surface area contributed by atoms with E-state index in [0.29, 0.717) is 47.5 Å². The summed E-state index contributed by atoms with van der Waals surface area (Å²) in [5, 5.41) is 12.6. The van der Waals surface area contributed by atoms with E-state index < -0.39 is 0 Å². The molecule has 4 heterocycles. The molecule has 11 nitrogen and oxygen atoms in total. The van der Waals surface area contributed by atoms with Gasteiger partial charge in [0, 0.05) is 55.3 Å². The van der Waals surface area contributed by atoms with Crippen molar-refractivity contribution in [2.24, 2.45) is 0 Å². The Balaban J connectivity index is 1.20. The highest BCUT2D eigenvalue weighted by Crippen LogP contribution is 2.36. The van der Waals surface area contributed by atoms with E-state index in [1.54, 1.807) is 24.3 Å². The van der Waals surface area contributed by atoms with Gasteiger partial charge in [-0.3, -0.25) is 14.5 Å². The normalized spacial score (nSPS) is 16.8. The molecule has 212 valence electrons. The summed E-state index contributed by atoms with van der Waals surface area (Å²) in [6.45, 7) is 2.02. The minimum Gasteiger partial charge on any atom is -0.383 e. The van der Waals surface area contributed by atoms with Crippen LogP contribution in [0.5, 0.6) is 0 Å². The SMILES string of the molecule is CN(C/C=C/C(=O)N1CCC(n2cc(-c3ccc(C(=O)Nc4cc(C#N)ccn4)cc3)c3c(N)ncnc32)C1)C1CC1. The van der Waals surface area contributed by atoms with E-state index in [0.717, 1.165) is 29.5 Å². The Morgan fingerprint density at radius 3 is 2.74 bits per heavy atom. The van der Waals surface area contributed by atoms with Crippen LogP contribution in [0.3, 0.4) is 0 Å². The minimum atomic E-state index is -0.335. The largest absolute Gasteiger partial charge is 0.383 e. The van der Waals surface area contributed by atoms with E-state index in [1.807, 2.05) is 35.4 Å². The molecule has 0 spiro atoms. The summed E-state index contributed by atoms with van der Waals surface area (Å²) < 4.78 is 2.09. The molecule has 2 fully saturated rings. The number of anilines is 2. The third-order valence-electron chi connectivity index (χ3n) is 7.92. The molecular formula is C31H31N9O2. The number of nitriles is 1. The van der Waals surface area contributed by atoms with Crippen molar-refractivity contribution in [3.8, 4) is 17.2 Å². The molecule has 42 heavy (non-hydrogen) atoms. The summed E-state index contributed by atoms with van der Waals surface area (Å²) in [6, 6.07) is 13.0. The topological polar surface area (TPSA) is 146 Å². The van der Waals surface area contributed by atoms with Gasteiger partial charge in [-0.2, -0.15) is 5.26 Å². The zero-order valence-electron chi connectivity index (χ0n) is 23.3. The molecule has 11 heteroatoms. The molecule has 2 aliphatic rings. The number of nitrogens with two attached hydrogens (primary N) is 1. The van der Waals surface area contributed by atoms with Crippen LogP contribution in [0, 0.1) is 11.3 Å². The smallest absolute Gasteiger partial charge is 0.256 e. The number of carbonyl (C=O) groups is 2. The highest BCUT2D eigenvalue weighted by molar-refractivity contribution is 6.05. The van der Waals surface area contributed by atoms with Crippen LogP contribution < -0.4 is 11.1 Å². The summed E-state index contributed by atoms with van der Waals surface area (Å²) in [4.78, 5) is 42.7. The van der Waals surface area contributed by atoms with Crippen molar-refractivity contribution in [1.29, 1.82) is 5.26 Å². The van der Waals surface area contributed by atoms with E-state index in [1.165, 1.54) is 31.4 Å². The second-order valence-electron chi connectivity index (χ2n) is 10.8. The molecule has 0 radical (unpaired) electrons. The Morgan fingerprint density at radius 1 is 1.17 bits per heavy atom. The van der Waals surface area contributed by atoms with Gasteiger partial charge in [-0.05, 0) is 56.1 Å². The number of hydrogen-bond acceptors (Lipinski definition) is 8. The van der Waals surface area contributed by atoms with Gasteiger partial charge in [0.1, 0.15) is 23.6 Å². The summed E-state index contributed by atoms with van der Waals surface area (Å²) in [5.74, 6) is 0.364. The number of benzene rings is 1. The van der Waals surface area contributed by atoms with Gasteiger partial charge in [-0.1, -0.05) is 18.2 Å². The minimum absolute atomic E-state index is 0.0240. The zero-order chi connectivity index (χ0) is 29.2. The van der Waals surface area contributed by atoms with Gasteiger partial charge < -0.3 is 20.5 Å². The van der Waals surface area contributed by atoms with E-state index in [9.17, 15) is 9.59 Å². The van der Waals surface area contributed by atoms with Crippen molar-refractivity contribution in [2.45, 2.75) is 31.3 Å². The average molecular weight is 562 g/mol. The van der Waals surface area contributed by atoms with Crippen LogP contribution >= 0.6 is 0 Å². The molecule has 3 N–H and O–H groups in total. The first kappa shape index (κ1) is 27.1. The van der Waals surface area contributed by atoms with Crippen molar-refractivity contribution in [3.63, 3.8) is 0 Å². The number of aromatic nitrogens is 4. The lowest BCUT2D eigenvalue weighted by atomic mass is 10.0. The van der Waals surface area contributed by atoms with Crippen LogP contribution in [0.25, 0.3) is 22.2 Å². The molecule has 1 saturated heterocycles. The van der Waals surface area contributed by atoms with Gasteiger partial charge >= 0.3 is 0 Å². The van der Waals surface area contributed by atoms with Crippen molar-refractivity contribution >= 4 is 34.5 Å². The maximum Gasteiger partial charge on any atom is 0.256 e. The molecule has 1 unspecified atom stereocenters. The number of nitrogens with zero attached hydrogens (tertiary/aromatic N) is 7. The maximum absolute atomic E-state index is 12.9. The van der Waals surface area contributed by atoms with Crippen LogP contribution in [0.15, 0.2) is 67.3 Å². The molecule has 1 aliphatic carbocycles. The van der Waals surface area contributed by atoms with Gasteiger partial charge in [0.25, 0.3) is 5.91 Å². The van der Waals surface area contributed by atoms with Gasteiger partial charge in [0.05, 0.1) is 23.1 Å². The number of likely N-dealkylation sites (tertiary alicyclic amines) is 1. The number of rotatable bonds is 8. The standard InChI is InChI=1S/C31H31N9O2/c1-38(23-8-9-23)13-2-3-27(41)39-14-11-24(17-39)40-18-25(28-29(33)35-19-36-30(28)40)21-4-6-22(7-5-21)31(42)37-26-15-20(16-32)10-12-34-26/h2-7,10,12,15,18-19,23-24H,8-9,11,13-14,17H2,1H3,(H2,33,35,36)(H,34,37,42)/b3-2+. The monoisotopic (exact) mass is 561 g/mol. The van der Waals surface area contributed by atoms with Crippen LogP contribution in [0.4, 0.5) is 11.6 Å². The molecule has 6 rings (SSSR count). The van der Waals surface area contributed by atoms with Crippen molar-refractivity contribution in [1.82, 2.24) is 29.3 Å². The molecule has 4 aromatic rings. The first-order valence-corrected chi connectivity index (χ1v) is 14.0.